The van der Waals surface area contributed by atoms with Crippen molar-refractivity contribution in [2.75, 3.05) is 19.7 Å². The molecule has 0 aliphatic rings. The molecule has 0 saturated heterocycles. The normalized spacial score (nSPS) is 13.7. The van der Waals surface area contributed by atoms with Crippen molar-refractivity contribution >= 4 is 16.2 Å². The van der Waals surface area contributed by atoms with Crippen LogP contribution in [0.5, 0.6) is 0 Å². The summed E-state index contributed by atoms with van der Waals surface area (Å²) in [6.07, 6.45) is -0.00459. The Kier molecular flexibility index (Phi) is 6.36. The van der Waals surface area contributed by atoms with Crippen molar-refractivity contribution in [2.45, 2.75) is 12.5 Å². The van der Waals surface area contributed by atoms with Gasteiger partial charge in [-0.3, -0.25) is 4.79 Å². The molecule has 0 spiro atoms. The molecular weight excluding hydrogens is 226 g/mol. The predicted molar refractivity (Wildman–Crippen MR) is 52.2 cm³/mol. The molecule has 0 radical (unpaired) electrons. The first-order valence-electron chi connectivity index (χ1n) is 4.22. The van der Waals surface area contributed by atoms with Crippen LogP contribution in [0, 0.1) is 0 Å². The van der Waals surface area contributed by atoms with Crippen LogP contribution >= 0.6 is 0 Å². The van der Waals surface area contributed by atoms with E-state index < -0.39 is 22.2 Å². The third kappa shape index (κ3) is 7.22. The highest BCUT2D eigenvalue weighted by molar-refractivity contribution is 7.87. The largest absolute Gasteiger partial charge is 0.480 e. The number of hydrogen-bond acceptors (Lipinski definition) is 5. The molecule has 0 aromatic rings. The molecule has 0 rings (SSSR count). The van der Waals surface area contributed by atoms with E-state index in [2.05, 4.69) is 4.72 Å². The lowest BCUT2D eigenvalue weighted by molar-refractivity contribution is -0.138. The number of aliphatic hydroxyl groups excluding tert-OH is 1. The SMILES string of the molecule is NC(CCNS(=O)(=O)NCCO)C(=O)O. The smallest absolute Gasteiger partial charge is 0.320 e. The number of rotatable bonds is 8. The van der Waals surface area contributed by atoms with Crippen molar-refractivity contribution in [1.29, 1.82) is 0 Å². The molecular formula is C6H15N3O5S. The molecule has 0 saturated carbocycles. The van der Waals surface area contributed by atoms with Crippen LogP contribution in [0.3, 0.4) is 0 Å². The second-order valence-electron chi connectivity index (χ2n) is 2.75. The monoisotopic (exact) mass is 241 g/mol. The maximum atomic E-state index is 11.0. The van der Waals surface area contributed by atoms with Crippen molar-refractivity contribution in [3.63, 3.8) is 0 Å². The van der Waals surface area contributed by atoms with Gasteiger partial charge in [-0.1, -0.05) is 0 Å². The fraction of sp³-hybridized carbons (Fsp3) is 0.833. The Balaban J connectivity index is 3.80. The summed E-state index contributed by atoms with van der Waals surface area (Å²) in [6.45, 7) is -0.482. The second-order valence-corrected chi connectivity index (χ2v) is 4.33. The number of carboxylic acid groups (broad SMARTS) is 1. The van der Waals surface area contributed by atoms with E-state index in [0.29, 0.717) is 0 Å². The molecule has 0 amide bonds. The Morgan fingerprint density at radius 2 is 1.87 bits per heavy atom. The predicted octanol–water partition coefficient (Wildman–Crippen LogP) is -2.80. The molecule has 1 atom stereocenters. The van der Waals surface area contributed by atoms with Gasteiger partial charge in [0.25, 0.3) is 10.2 Å². The summed E-state index contributed by atoms with van der Waals surface area (Å²) < 4.78 is 26.2. The van der Waals surface area contributed by atoms with Gasteiger partial charge in [0.15, 0.2) is 0 Å². The van der Waals surface area contributed by atoms with Crippen LogP contribution in [-0.2, 0) is 15.0 Å². The first-order chi connectivity index (χ1) is 6.89. The fourth-order valence-corrected chi connectivity index (χ4v) is 1.55. The summed E-state index contributed by atoms with van der Waals surface area (Å²) in [5.41, 5.74) is 5.15. The van der Waals surface area contributed by atoms with Crippen LogP contribution in [0.2, 0.25) is 0 Å². The van der Waals surface area contributed by atoms with E-state index in [1.165, 1.54) is 0 Å². The standard InChI is InChI=1S/C6H15N3O5S/c7-5(6(11)12)1-2-8-15(13,14)9-3-4-10/h5,8-10H,1-4,7H2,(H,11,12). The highest BCUT2D eigenvalue weighted by Crippen LogP contribution is 1.87. The Hall–Kier alpha value is -0.740. The molecule has 8 nitrogen and oxygen atoms in total. The number of carboxylic acids is 1. The molecule has 15 heavy (non-hydrogen) atoms. The molecule has 0 aromatic carbocycles. The Morgan fingerprint density at radius 3 is 2.33 bits per heavy atom. The number of nitrogens with two attached hydrogens (primary N) is 1. The first kappa shape index (κ1) is 14.3. The molecule has 1 unspecified atom stereocenters. The van der Waals surface area contributed by atoms with E-state index >= 15 is 0 Å². The van der Waals surface area contributed by atoms with Crippen LogP contribution in [0.1, 0.15) is 6.42 Å². The number of aliphatic carboxylic acids is 1. The highest BCUT2D eigenvalue weighted by atomic mass is 32.2. The van der Waals surface area contributed by atoms with Gasteiger partial charge in [0.2, 0.25) is 0 Å². The second kappa shape index (κ2) is 6.69. The Bertz CT molecular complexity index is 291. The minimum absolute atomic E-state index is 0.00459. The van der Waals surface area contributed by atoms with Crippen LogP contribution in [0.25, 0.3) is 0 Å². The van der Waals surface area contributed by atoms with Crippen molar-refractivity contribution in [3.8, 4) is 0 Å². The van der Waals surface area contributed by atoms with Crippen LogP contribution < -0.4 is 15.2 Å². The van der Waals surface area contributed by atoms with E-state index in [4.69, 9.17) is 15.9 Å². The van der Waals surface area contributed by atoms with Crippen molar-refractivity contribution < 1.29 is 23.4 Å². The van der Waals surface area contributed by atoms with Gasteiger partial charge in [-0.15, -0.1) is 0 Å². The minimum atomic E-state index is -3.67. The summed E-state index contributed by atoms with van der Waals surface area (Å²) >= 11 is 0. The highest BCUT2D eigenvalue weighted by Gasteiger charge is 2.13. The summed E-state index contributed by atoms with van der Waals surface area (Å²) in [5, 5.41) is 16.8. The maximum absolute atomic E-state index is 11.0. The van der Waals surface area contributed by atoms with Gasteiger partial charge in [0.05, 0.1) is 6.61 Å². The number of aliphatic hydroxyl groups is 1. The topological polar surface area (TPSA) is 142 Å². The summed E-state index contributed by atoms with van der Waals surface area (Å²) in [5.74, 6) is -1.18. The van der Waals surface area contributed by atoms with Gasteiger partial charge in [0, 0.05) is 13.1 Å². The van der Waals surface area contributed by atoms with Crippen LogP contribution in [-0.4, -0.2) is 50.3 Å². The Morgan fingerprint density at radius 1 is 1.33 bits per heavy atom. The van der Waals surface area contributed by atoms with E-state index in [1.807, 2.05) is 4.72 Å². The summed E-state index contributed by atoms with van der Waals surface area (Å²) in [4.78, 5) is 10.3. The maximum Gasteiger partial charge on any atom is 0.320 e. The lowest BCUT2D eigenvalue weighted by Crippen LogP contribution is -2.41. The van der Waals surface area contributed by atoms with Gasteiger partial charge >= 0.3 is 5.97 Å². The number of hydrogen-bond donors (Lipinski definition) is 5. The summed E-state index contributed by atoms with van der Waals surface area (Å²) in [6, 6.07) is -1.09. The molecule has 0 fully saturated rings. The fourth-order valence-electron chi connectivity index (χ4n) is 0.703. The molecule has 9 heteroatoms. The summed E-state index contributed by atoms with van der Waals surface area (Å²) in [7, 11) is -3.67. The zero-order valence-corrected chi connectivity index (χ0v) is 8.83. The minimum Gasteiger partial charge on any atom is -0.480 e. The zero-order chi connectivity index (χ0) is 11.9. The molecule has 0 aromatic heterocycles. The van der Waals surface area contributed by atoms with Crippen molar-refractivity contribution in [2.24, 2.45) is 5.73 Å². The van der Waals surface area contributed by atoms with Crippen molar-refractivity contribution in [3.05, 3.63) is 0 Å². The van der Waals surface area contributed by atoms with E-state index in [9.17, 15) is 13.2 Å². The first-order valence-corrected chi connectivity index (χ1v) is 5.71. The third-order valence-electron chi connectivity index (χ3n) is 1.47. The quantitative estimate of drug-likeness (QED) is 0.311. The van der Waals surface area contributed by atoms with E-state index in [-0.39, 0.29) is 26.1 Å². The average molecular weight is 241 g/mol. The lowest BCUT2D eigenvalue weighted by Gasteiger charge is -2.08. The number of carbonyl (C=O) groups is 1. The van der Waals surface area contributed by atoms with Crippen LogP contribution in [0.4, 0.5) is 0 Å². The average Bonchev–Trinajstić information content (AvgIpc) is 2.14. The van der Waals surface area contributed by atoms with Crippen LogP contribution in [0.15, 0.2) is 0 Å². The van der Waals surface area contributed by atoms with E-state index in [0.717, 1.165) is 0 Å². The molecule has 0 bridgehead atoms. The van der Waals surface area contributed by atoms with E-state index in [1.54, 1.807) is 0 Å². The molecule has 90 valence electrons. The van der Waals surface area contributed by atoms with Crippen molar-refractivity contribution in [1.82, 2.24) is 9.44 Å². The molecule has 0 heterocycles. The van der Waals surface area contributed by atoms with Gasteiger partial charge in [-0.25, -0.2) is 9.44 Å². The zero-order valence-electron chi connectivity index (χ0n) is 8.01. The lowest BCUT2D eigenvalue weighted by atomic mass is 10.2. The number of nitrogens with one attached hydrogen (secondary N) is 2. The molecule has 6 N–H and O–H groups in total. The van der Waals surface area contributed by atoms with Gasteiger partial charge in [0.1, 0.15) is 6.04 Å². The molecule has 0 aliphatic carbocycles. The van der Waals surface area contributed by atoms with Gasteiger partial charge in [-0.05, 0) is 6.42 Å². The van der Waals surface area contributed by atoms with Gasteiger partial charge < -0.3 is 15.9 Å². The third-order valence-corrected chi connectivity index (χ3v) is 2.64. The Labute approximate surface area is 87.6 Å². The molecule has 0 aliphatic heterocycles. The van der Waals surface area contributed by atoms with Gasteiger partial charge in [-0.2, -0.15) is 8.42 Å².